The fraction of sp³-hybridized carbons (Fsp3) is 0.188. The van der Waals surface area contributed by atoms with Gasteiger partial charge in [-0.3, -0.25) is 19.9 Å². The van der Waals surface area contributed by atoms with E-state index in [4.69, 9.17) is 0 Å². The number of carbonyl (C=O) groups is 1. The summed E-state index contributed by atoms with van der Waals surface area (Å²) in [4.78, 5) is 24.5. The van der Waals surface area contributed by atoms with E-state index >= 15 is 0 Å². The third-order valence-corrected chi connectivity index (χ3v) is 8.17. The zero-order chi connectivity index (χ0) is 30.3. The molecule has 6 aromatic rings. The number of hydrogen-bond donors (Lipinski definition) is 3. The molecular formula is C32H29FN6O3S. The molecule has 0 atom stereocenters. The summed E-state index contributed by atoms with van der Waals surface area (Å²) in [6.07, 6.45) is 6.39. The van der Waals surface area contributed by atoms with Gasteiger partial charge in [0.25, 0.3) is 0 Å². The lowest BCUT2D eigenvalue weighted by molar-refractivity contribution is -0.118. The number of benzene rings is 2. The Hall–Kier alpha value is -4.90. The molecule has 0 spiro atoms. The molecule has 0 fully saturated rings. The molecule has 0 radical (unpaired) electrons. The van der Waals surface area contributed by atoms with Crippen molar-refractivity contribution in [3.05, 3.63) is 84.6 Å². The number of nitrogens with zero attached hydrogens (tertiary/aromatic N) is 3. The lowest BCUT2D eigenvalue weighted by Crippen LogP contribution is -2.17. The summed E-state index contributed by atoms with van der Waals surface area (Å²) in [5.41, 5.74) is 7.18. The van der Waals surface area contributed by atoms with Gasteiger partial charge in [0.1, 0.15) is 21.3 Å². The van der Waals surface area contributed by atoms with E-state index < -0.39 is 15.7 Å². The van der Waals surface area contributed by atoms with Crippen molar-refractivity contribution in [2.75, 3.05) is 17.3 Å². The van der Waals surface area contributed by atoms with Crippen LogP contribution >= 0.6 is 0 Å². The molecule has 0 saturated heterocycles. The van der Waals surface area contributed by atoms with Crippen LogP contribution < -0.4 is 5.32 Å². The largest absolute Gasteiger partial charge is 0.353 e. The van der Waals surface area contributed by atoms with Gasteiger partial charge in [-0.05, 0) is 66.1 Å². The zero-order valence-corrected chi connectivity index (χ0v) is 24.6. The minimum absolute atomic E-state index is 0.0665. The Morgan fingerprint density at radius 2 is 1.74 bits per heavy atom. The summed E-state index contributed by atoms with van der Waals surface area (Å²) in [7, 11) is -3.19. The first kappa shape index (κ1) is 28.2. The van der Waals surface area contributed by atoms with Crippen LogP contribution in [0.4, 0.5) is 10.1 Å². The molecule has 11 heteroatoms. The van der Waals surface area contributed by atoms with Gasteiger partial charge >= 0.3 is 0 Å². The molecule has 4 heterocycles. The Labute approximate surface area is 247 Å². The average Bonchev–Trinajstić information content (AvgIpc) is 3.59. The summed E-state index contributed by atoms with van der Waals surface area (Å²) in [5.74, 6) is -0.752. The second-order valence-corrected chi connectivity index (χ2v) is 13.2. The van der Waals surface area contributed by atoms with E-state index in [1.165, 1.54) is 18.4 Å². The average molecular weight is 597 g/mol. The van der Waals surface area contributed by atoms with Crippen molar-refractivity contribution < 1.29 is 17.6 Å². The highest BCUT2D eigenvalue weighted by Gasteiger charge is 2.17. The van der Waals surface area contributed by atoms with Crippen molar-refractivity contribution in [2.24, 2.45) is 5.92 Å². The van der Waals surface area contributed by atoms with Gasteiger partial charge in [0.05, 0.1) is 34.5 Å². The Bertz CT molecular complexity index is 2120. The number of aromatic amines is 2. The Morgan fingerprint density at radius 1 is 0.930 bits per heavy atom. The van der Waals surface area contributed by atoms with E-state index in [0.717, 1.165) is 38.6 Å². The van der Waals surface area contributed by atoms with Crippen molar-refractivity contribution in [3.63, 3.8) is 0 Å². The second kappa shape index (κ2) is 11.1. The molecule has 0 unspecified atom stereocenters. The van der Waals surface area contributed by atoms with Crippen LogP contribution in [0, 0.1) is 11.7 Å². The topological polar surface area (TPSA) is 133 Å². The molecule has 4 aromatic heterocycles. The molecule has 0 saturated carbocycles. The maximum atomic E-state index is 14.6. The quantitative estimate of drug-likeness (QED) is 0.193. The van der Waals surface area contributed by atoms with E-state index in [-0.39, 0.29) is 24.0 Å². The zero-order valence-electron chi connectivity index (χ0n) is 23.8. The van der Waals surface area contributed by atoms with Crippen LogP contribution in [0.2, 0.25) is 0 Å². The molecule has 1 amide bonds. The summed E-state index contributed by atoms with van der Waals surface area (Å²) < 4.78 is 37.9. The number of H-pyrrole nitrogens is 2. The van der Waals surface area contributed by atoms with Gasteiger partial charge in [-0.2, -0.15) is 5.10 Å². The van der Waals surface area contributed by atoms with E-state index in [1.54, 1.807) is 24.7 Å². The molecule has 0 aliphatic rings. The van der Waals surface area contributed by atoms with Gasteiger partial charge in [0.15, 0.2) is 0 Å². The molecular weight excluding hydrogens is 567 g/mol. The van der Waals surface area contributed by atoms with Gasteiger partial charge in [0, 0.05) is 52.0 Å². The SMILES string of the molecule is CC(C)C(=O)Nc1cncc(-c2ccc3[nH]nc(-c4cc5c(-c6cc(F)cc(CCS(C)(=O)=O)c6)nccc5[nH]4)c3c2)c1. The van der Waals surface area contributed by atoms with E-state index in [1.807, 2.05) is 50.2 Å². The molecule has 9 nitrogen and oxygen atoms in total. The Kier molecular flexibility index (Phi) is 7.26. The highest BCUT2D eigenvalue weighted by molar-refractivity contribution is 7.90. The number of anilines is 1. The van der Waals surface area contributed by atoms with Crippen LogP contribution in [0.25, 0.3) is 55.6 Å². The fourth-order valence-corrected chi connectivity index (χ4v) is 5.60. The number of amides is 1. The van der Waals surface area contributed by atoms with Crippen LogP contribution in [0.1, 0.15) is 19.4 Å². The van der Waals surface area contributed by atoms with E-state index in [9.17, 15) is 17.6 Å². The minimum atomic E-state index is -3.19. The first-order chi connectivity index (χ1) is 20.5. The highest BCUT2D eigenvalue weighted by Crippen LogP contribution is 2.35. The molecule has 0 bridgehead atoms. The van der Waals surface area contributed by atoms with Crippen molar-refractivity contribution in [1.29, 1.82) is 0 Å². The van der Waals surface area contributed by atoms with Crippen molar-refractivity contribution in [1.82, 2.24) is 25.1 Å². The molecule has 0 aliphatic heterocycles. The molecule has 0 aliphatic carbocycles. The third kappa shape index (κ3) is 6.02. The van der Waals surface area contributed by atoms with Crippen LogP contribution in [0.5, 0.6) is 0 Å². The normalized spacial score (nSPS) is 11.9. The summed E-state index contributed by atoms with van der Waals surface area (Å²) in [6, 6.07) is 16.1. The smallest absolute Gasteiger partial charge is 0.226 e. The fourth-order valence-electron chi connectivity index (χ4n) is 5.00. The van der Waals surface area contributed by atoms with Crippen molar-refractivity contribution in [2.45, 2.75) is 20.3 Å². The minimum Gasteiger partial charge on any atom is -0.353 e. The lowest BCUT2D eigenvalue weighted by atomic mass is 10.0. The number of aryl methyl sites for hydroxylation is 1. The summed E-state index contributed by atoms with van der Waals surface area (Å²) in [6.45, 7) is 3.67. The van der Waals surface area contributed by atoms with Gasteiger partial charge in [-0.15, -0.1) is 0 Å². The highest BCUT2D eigenvalue weighted by atomic mass is 32.2. The van der Waals surface area contributed by atoms with E-state index in [2.05, 4.69) is 30.5 Å². The first-order valence-corrected chi connectivity index (χ1v) is 15.8. The third-order valence-electron chi connectivity index (χ3n) is 7.22. The number of nitrogens with one attached hydrogen (secondary N) is 3. The van der Waals surface area contributed by atoms with Crippen molar-refractivity contribution >= 4 is 43.2 Å². The molecule has 3 N–H and O–H groups in total. The number of carbonyl (C=O) groups excluding carboxylic acids is 1. The van der Waals surface area contributed by atoms with Crippen LogP contribution in [-0.4, -0.2) is 51.5 Å². The predicted molar refractivity (Wildman–Crippen MR) is 167 cm³/mol. The summed E-state index contributed by atoms with van der Waals surface area (Å²) in [5, 5.41) is 12.2. The van der Waals surface area contributed by atoms with Crippen LogP contribution in [0.15, 0.2) is 73.2 Å². The predicted octanol–water partition coefficient (Wildman–Crippen LogP) is 6.16. The molecule has 6 rings (SSSR count). The summed E-state index contributed by atoms with van der Waals surface area (Å²) >= 11 is 0. The molecule has 43 heavy (non-hydrogen) atoms. The number of hydrogen-bond acceptors (Lipinski definition) is 6. The van der Waals surface area contributed by atoms with Crippen molar-refractivity contribution in [3.8, 4) is 33.8 Å². The Morgan fingerprint density at radius 3 is 2.53 bits per heavy atom. The lowest BCUT2D eigenvalue weighted by Gasteiger charge is -2.09. The number of pyridine rings is 2. The van der Waals surface area contributed by atoms with Crippen LogP contribution in [-0.2, 0) is 21.1 Å². The number of halogens is 1. The second-order valence-electron chi connectivity index (χ2n) is 11.0. The number of sulfone groups is 1. The maximum Gasteiger partial charge on any atom is 0.226 e. The molecule has 2 aromatic carbocycles. The van der Waals surface area contributed by atoms with Gasteiger partial charge in [0.2, 0.25) is 5.91 Å². The van der Waals surface area contributed by atoms with Gasteiger partial charge < -0.3 is 10.3 Å². The maximum absolute atomic E-state index is 14.6. The monoisotopic (exact) mass is 596 g/mol. The standard InChI is InChI=1S/C32H29FN6O3S/c1-18(2)32(40)36-24-13-22(16-34-17-24)20-4-5-28-25(14-20)31(39-38-28)29-15-26-27(37-29)6-8-35-30(26)21-10-19(11-23(33)12-21)7-9-43(3,41)42/h4-6,8,10-18,37H,7,9H2,1-3H3,(H,36,40)(H,38,39). The van der Waals surface area contributed by atoms with Crippen LogP contribution in [0.3, 0.4) is 0 Å². The van der Waals surface area contributed by atoms with E-state index in [0.29, 0.717) is 28.2 Å². The molecule has 218 valence electrons. The van der Waals surface area contributed by atoms with Gasteiger partial charge in [-0.1, -0.05) is 19.9 Å². The Balaban J connectivity index is 1.38. The number of aromatic nitrogens is 5. The first-order valence-electron chi connectivity index (χ1n) is 13.7. The number of rotatable bonds is 8. The number of fused-ring (bicyclic) bond motifs is 2. The van der Waals surface area contributed by atoms with Gasteiger partial charge in [-0.25, -0.2) is 12.8 Å².